The molecule has 0 radical (unpaired) electrons. The van der Waals surface area contributed by atoms with Gasteiger partial charge < -0.3 is 5.11 Å². The first-order valence-electron chi connectivity index (χ1n) is 5.91. The van der Waals surface area contributed by atoms with E-state index in [1.807, 2.05) is 6.07 Å². The fourth-order valence-corrected chi connectivity index (χ4v) is 2.44. The highest BCUT2D eigenvalue weighted by atomic mass is 16.4. The molecule has 90 valence electrons. The lowest BCUT2D eigenvalue weighted by Crippen LogP contribution is -2.02. The molecular formula is C14H12N2O2. The van der Waals surface area contributed by atoms with E-state index in [1.54, 1.807) is 0 Å². The molecule has 1 N–H and O–H groups in total. The van der Waals surface area contributed by atoms with Gasteiger partial charge in [-0.25, -0.2) is 14.8 Å². The monoisotopic (exact) mass is 240 g/mol. The van der Waals surface area contributed by atoms with Gasteiger partial charge in [0.1, 0.15) is 11.9 Å². The summed E-state index contributed by atoms with van der Waals surface area (Å²) in [6.07, 6.45) is 6.09. The molecule has 4 heteroatoms. The second-order valence-corrected chi connectivity index (χ2v) is 4.43. The molecule has 18 heavy (non-hydrogen) atoms. The number of carboxylic acids is 1. The predicted octanol–water partition coefficient (Wildman–Crippen LogP) is 2.33. The van der Waals surface area contributed by atoms with Crippen LogP contribution in [-0.2, 0) is 12.8 Å². The van der Waals surface area contributed by atoms with Gasteiger partial charge in [0.25, 0.3) is 0 Å². The van der Waals surface area contributed by atoms with Crippen LogP contribution in [0.2, 0.25) is 0 Å². The van der Waals surface area contributed by atoms with Gasteiger partial charge in [0.2, 0.25) is 0 Å². The molecule has 1 aromatic heterocycles. The van der Waals surface area contributed by atoms with E-state index >= 15 is 0 Å². The summed E-state index contributed by atoms with van der Waals surface area (Å²) in [5.74, 6) is -0.994. The van der Waals surface area contributed by atoms with E-state index in [2.05, 4.69) is 22.1 Å². The Hall–Kier alpha value is -2.23. The molecule has 4 nitrogen and oxygen atoms in total. The first-order chi connectivity index (χ1) is 8.75. The summed E-state index contributed by atoms with van der Waals surface area (Å²) in [6, 6.07) is 6.07. The van der Waals surface area contributed by atoms with Crippen LogP contribution < -0.4 is 0 Å². The number of benzene rings is 1. The Kier molecular flexibility index (Phi) is 2.55. The summed E-state index contributed by atoms with van der Waals surface area (Å²) in [6.45, 7) is 0. The molecule has 0 fully saturated rings. The van der Waals surface area contributed by atoms with Crippen molar-refractivity contribution in [2.75, 3.05) is 0 Å². The minimum atomic E-state index is -0.994. The number of carboxylic acid groups (broad SMARTS) is 1. The molecule has 1 aliphatic carbocycles. The van der Waals surface area contributed by atoms with Crippen molar-refractivity contribution in [2.24, 2.45) is 0 Å². The molecule has 0 amide bonds. The standard InChI is InChI=1S/C14H12N2O2/c17-14(18)12-7-15-8-16-13(12)11-5-4-9-2-1-3-10(9)6-11/h4-8H,1-3H2,(H,17,18). The first-order valence-corrected chi connectivity index (χ1v) is 5.91. The third-order valence-electron chi connectivity index (χ3n) is 3.31. The fraction of sp³-hybridized carbons (Fsp3) is 0.214. The number of hydrogen-bond acceptors (Lipinski definition) is 3. The van der Waals surface area contributed by atoms with E-state index in [0.29, 0.717) is 5.69 Å². The van der Waals surface area contributed by atoms with E-state index in [4.69, 9.17) is 5.11 Å². The van der Waals surface area contributed by atoms with Gasteiger partial charge >= 0.3 is 5.97 Å². The second-order valence-electron chi connectivity index (χ2n) is 4.43. The average molecular weight is 240 g/mol. The van der Waals surface area contributed by atoms with Crippen LogP contribution in [0.15, 0.2) is 30.7 Å². The lowest BCUT2D eigenvalue weighted by molar-refractivity contribution is 0.0697. The van der Waals surface area contributed by atoms with Gasteiger partial charge in [-0.3, -0.25) is 0 Å². The zero-order valence-electron chi connectivity index (χ0n) is 9.76. The second kappa shape index (κ2) is 4.22. The van der Waals surface area contributed by atoms with Crippen molar-refractivity contribution in [3.63, 3.8) is 0 Å². The van der Waals surface area contributed by atoms with E-state index in [9.17, 15) is 4.79 Å². The van der Waals surface area contributed by atoms with Crippen LogP contribution >= 0.6 is 0 Å². The number of rotatable bonds is 2. The number of aromatic carboxylic acids is 1. The van der Waals surface area contributed by atoms with Crippen molar-refractivity contribution in [3.8, 4) is 11.3 Å². The van der Waals surface area contributed by atoms with Crippen LogP contribution in [0.4, 0.5) is 0 Å². The van der Waals surface area contributed by atoms with Gasteiger partial charge in [0.05, 0.1) is 5.69 Å². The summed E-state index contributed by atoms with van der Waals surface area (Å²) in [7, 11) is 0. The maximum atomic E-state index is 11.1. The van der Waals surface area contributed by atoms with Gasteiger partial charge in [-0.2, -0.15) is 0 Å². The highest BCUT2D eigenvalue weighted by molar-refractivity contribution is 5.94. The topological polar surface area (TPSA) is 63.1 Å². The number of carbonyl (C=O) groups is 1. The average Bonchev–Trinajstić information content (AvgIpc) is 2.85. The molecular weight excluding hydrogens is 228 g/mol. The maximum Gasteiger partial charge on any atom is 0.339 e. The van der Waals surface area contributed by atoms with Crippen molar-refractivity contribution in [1.29, 1.82) is 0 Å². The Labute approximate surface area is 104 Å². The smallest absolute Gasteiger partial charge is 0.339 e. The van der Waals surface area contributed by atoms with Crippen LogP contribution in [0.5, 0.6) is 0 Å². The number of hydrogen-bond donors (Lipinski definition) is 1. The van der Waals surface area contributed by atoms with E-state index in [0.717, 1.165) is 18.4 Å². The molecule has 0 saturated heterocycles. The molecule has 0 bridgehead atoms. The van der Waals surface area contributed by atoms with Gasteiger partial charge in [0.15, 0.2) is 0 Å². The van der Waals surface area contributed by atoms with Crippen molar-refractivity contribution >= 4 is 5.97 Å². The number of aromatic nitrogens is 2. The molecule has 0 aliphatic heterocycles. The molecule has 1 aliphatic rings. The van der Waals surface area contributed by atoms with Crippen molar-refractivity contribution in [1.82, 2.24) is 9.97 Å². The first kappa shape index (κ1) is 10.9. The minimum absolute atomic E-state index is 0.149. The fourth-order valence-electron chi connectivity index (χ4n) is 2.44. The summed E-state index contributed by atoms with van der Waals surface area (Å²) in [5, 5.41) is 9.14. The highest BCUT2D eigenvalue weighted by Crippen LogP contribution is 2.28. The van der Waals surface area contributed by atoms with Crippen LogP contribution in [-0.4, -0.2) is 21.0 Å². The molecule has 0 saturated carbocycles. The molecule has 1 aromatic carbocycles. The molecule has 3 rings (SSSR count). The third kappa shape index (κ3) is 1.76. The third-order valence-corrected chi connectivity index (χ3v) is 3.31. The number of nitrogens with zero attached hydrogens (tertiary/aromatic N) is 2. The van der Waals surface area contributed by atoms with Crippen molar-refractivity contribution in [3.05, 3.63) is 47.4 Å². The summed E-state index contributed by atoms with van der Waals surface area (Å²) in [4.78, 5) is 19.0. The van der Waals surface area contributed by atoms with Crippen LogP contribution in [0.25, 0.3) is 11.3 Å². The quantitative estimate of drug-likeness (QED) is 0.875. The van der Waals surface area contributed by atoms with E-state index in [-0.39, 0.29) is 5.56 Å². The highest BCUT2D eigenvalue weighted by Gasteiger charge is 2.16. The van der Waals surface area contributed by atoms with Crippen LogP contribution in [0, 0.1) is 0 Å². The summed E-state index contributed by atoms with van der Waals surface area (Å²) in [5.41, 5.74) is 4.17. The Morgan fingerprint density at radius 1 is 1.22 bits per heavy atom. The number of aryl methyl sites for hydroxylation is 2. The van der Waals surface area contributed by atoms with Gasteiger partial charge in [0, 0.05) is 11.8 Å². The molecule has 0 unspecified atom stereocenters. The van der Waals surface area contributed by atoms with Gasteiger partial charge in [-0.15, -0.1) is 0 Å². The van der Waals surface area contributed by atoms with Crippen molar-refractivity contribution < 1.29 is 9.90 Å². The zero-order valence-corrected chi connectivity index (χ0v) is 9.76. The van der Waals surface area contributed by atoms with E-state index in [1.165, 1.54) is 30.1 Å². The predicted molar refractivity (Wildman–Crippen MR) is 66.5 cm³/mol. The van der Waals surface area contributed by atoms with E-state index < -0.39 is 5.97 Å². The lowest BCUT2D eigenvalue weighted by Gasteiger charge is -2.06. The largest absolute Gasteiger partial charge is 0.478 e. The Balaban J connectivity index is 2.13. The van der Waals surface area contributed by atoms with Crippen LogP contribution in [0.3, 0.4) is 0 Å². The Morgan fingerprint density at radius 2 is 2.06 bits per heavy atom. The molecule has 0 atom stereocenters. The van der Waals surface area contributed by atoms with Crippen LogP contribution in [0.1, 0.15) is 27.9 Å². The Morgan fingerprint density at radius 3 is 2.89 bits per heavy atom. The summed E-state index contributed by atoms with van der Waals surface area (Å²) < 4.78 is 0. The Bertz CT molecular complexity index is 623. The molecule has 2 aromatic rings. The molecule has 1 heterocycles. The molecule has 0 spiro atoms. The minimum Gasteiger partial charge on any atom is -0.478 e. The number of fused-ring (bicyclic) bond motifs is 1. The lowest BCUT2D eigenvalue weighted by atomic mass is 10.0. The van der Waals surface area contributed by atoms with Gasteiger partial charge in [-0.05, 0) is 36.5 Å². The normalized spacial score (nSPS) is 13.3. The maximum absolute atomic E-state index is 11.1. The zero-order chi connectivity index (χ0) is 12.5. The SMILES string of the molecule is O=C(O)c1cncnc1-c1ccc2c(c1)CCC2. The van der Waals surface area contributed by atoms with Crippen molar-refractivity contribution in [2.45, 2.75) is 19.3 Å². The summed E-state index contributed by atoms with van der Waals surface area (Å²) >= 11 is 0. The van der Waals surface area contributed by atoms with Gasteiger partial charge in [-0.1, -0.05) is 12.1 Å².